The van der Waals surface area contributed by atoms with Crippen LogP contribution in [0.15, 0.2) is 27.7 Å². The van der Waals surface area contributed by atoms with Crippen LogP contribution in [0.25, 0.3) is 11.0 Å². The highest BCUT2D eigenvalue weighted by molar-refractivity contribution is 7.89. The molecule has 0 radical (unpaired) electrons. The second kappa shape index (κ2) is 5.36. The Morgan fingerprint density at radius 3 is 2.95 bits per heavy atom. The van der Waals surface area contributed by atoms with Crippen molar-refractivity contribution in [1.82, 2.24) is 19.5 Å². The molecule has 2 heterocycles. The highest BCUT2D eigenvalue weighted by Gasteiger charge is 2.29. The summed E-state index contributed by atoms with van der Waals surface area (Å²) >= 11 is 0. The van der Waals surface area contributed by atoms with Crippen LogP contribution in [0.5, 0.6) is 0 Å². The highest BCUT2D eigenvalue weighted by Crippen LogP contribution is 2.24. The van der Waals surface area contributed by atoms with Gasteiger partial charge in [0.2, 0.25) is 10.0 Å². The van der Waals surface area contributed by atoms with Gasteiger partial charge in [0.15, 0.2) is 5.52 Å². The molecule has 1 fully saturated rings. The van der Waals surface area contributed by atoms with Gasteiger partial charge in [0, 0.05) is 20.1 Å². The third-order valence-electron chi connectivity index (χ3n) is 3.94. The molecule has 0 unspecified atom stereocenters. The molecule has 1 aromatic carbocycles. The fourth-order valence-electron chi connectivity index (χ4n) is 2.79. The van der Waals surface area contributed by atoms with Gasteiger partial charge in [0.1, 0.15) is 10.4 Å². The maximum absolute atomic E-state index is 12.7. The third kappa shape index (κ3) is 2.66. The van der Waals surface area contributed by atoms with Crippen molar-refractivity contribution in [1.29, 1.82) is 0 Å². The smallest absolute Gasteiger partial charge is 0.245 e. The van der Waals surface area contributed by atoms with E-state index in [1.165, 1.54) is 4.31 Å². The zero-order chi connectivity index (χ0) is 15.0. The van der Waals surface area contributed by atoms with Crippen LogP contribution >= 0.6 is 0 Å². The van der Waals surface area contributed by atoms with Gasteiger partial charge < -0.3 is 4.90 Å². The van der Waals surface area contributed by atoms with E-state index in [2.05, 4.69) is 26.9 Å². The molecule has 0 spiro atoms. The van der Waals surface area contributed by atoms with Gasteiger partial charge >= 0.3 is 0 Å². The Kier molecular flexibility index (Phi) is 3.68. The lowest BCUT2D eigenvalue weighted by atomic mass is 10.1. The molecule has 0 aliphatic carbocycles. The van der Waals surface area contributed by atoms with Crippen LogP contribution in [0, 0.1) is 5.92 Å². The van der Waals surface area contributed by atoms with Crippen LogP contribution in [-0.4, -0.2) is 61.7 Å². The molecule has 1 aliphatic heterocycles. The van der Waals surface area contributed by atoms with Crippen LogP contribution in [0.2, 0.25) is 0 Å². The molecule has 1 aliphatic rings. The van der Waals surface area contributed by atoms with Crippen molar-refractivity contribution >= 4 is 21.1 Å². The van der Waals surface area contributed by atoms with Crippen molar-refractivity contribution in [3.8, 4) is 0 Å². The molecule has 3 rings (SSSR count). The molecule has 0 amide bonds. The maximum Gasteiger partial charge on any atom is 0.245 e. The molecule has 1 aromatic heterocycles. The van der Waals surface area contributed by atoms with E-state index in [-0.39, 0.29) is 10.4 Å². The summed E-state index contributed by atoms with van der Waals surface area (Å²) in [4.78, 5) is 2.36. The summed E-state index contributed by atoms with van der Waals surface area (Å²) in [6.07, 6.45) is 1.02. The first-order valence-electron chi connectivity index (χ1n) is 6.84. The first-order chi connectivity index (χ1) is 9.98. The van der Waals surface area contributed by atoms with E-state index in [1.807, 2.05) is 0 Å². The SMILES string of the molecule is CN1CC[C@@H](CN(C)S(=O)(=O)c2cccc3nonc23)C1. The normalized spacial score (nSPS) is 20.6. The topological polar surface area (TPSA) is 79.5 Å². The van der Waals surface area contributed by atoms with E-state index in [1.54, 1.807) is 25.2 Å². The Labute approximate surface area is 123 Å². The van der Waals surface area contributed by atoms with Gasteiger partial charge in [0.05, 0.1) is 0 Å². The Hall–Kier alpha value is -1.51. The van der Waals surface area contributed by atoms with Gasteiger partial charge in [-0.25, -0.2) is 17.4 Å². The van der Waals surface area contributed by atoms with Crippen LogP contribution in [-0.2, 0) is 10.0 Å². The number of likely N-dealkylation sites (tertiary alicyclic amines) is 1. The predicted molar refractivity (Wildman–Crippen MR) is 77.2 cm³/mol. The number of aromatic nitrogens is 2. The summed E-state index contributed by atoms with van der Waals surface area (Å²) in [7, 11) is 0.0749. The first kappa shape index (κ1) is 14.4. The second-order valence-corrected chi connectivity index (χ2v) is 7.60. The Morgan fingerprint density at radius 2 is 2.24 bits per heavy atom. The minimum atomic E-state index is -3.59. The largest absolute Gasteiger partial charge is 0.306 e. The van der Waals surface area contributed by atoms with E-state index in [0.717, 1.165) is 19.5 Å². The molecule has 21 heavy (non-hydrogen) atoms. The molecule has 1 saturated heterocycles. The zero-order valence-electron chi connectivity index (χ0n) is 12.1. The molecule has 0 saturated carbocycles. The molecule has 1 atom stereocenters. The highest BCUT2D eigenvalue weighted by atomic mass is 32.2. The molecule has 0 bridgehead atoms. The first-order valence-corrected chi connectivity index (χ1v) is 8.28. The van der Waals surface area contributed by atoms with Gasteiger partial charge in [-0.2, -0.15) is 0 Å². The van der Waals surface area contributed by atoms with Crippen molar-refractivity contribution in [3.05, 3.63) is 18.2 Å². The monoisotopic (exact) mass is 310 g/mol. The summed E-state index contributed by atoms with van der Waals surface area (Å²) in [5, 5.41) is 7.40. The summed E-state index contributed by atoms with van der Waals surface area (Å²) < 4.78 is 31.5. The second-order valence-electron chi connectivity index (χ2n) is 5.59. The minimum absolute atomic E-state index is 0.148. The van der Waals surface area contributed by atoms with Crippen molar-refractivity contribution in [2.45, 2.75) is 11.3 Å². The third-order valence-corrected chi connectivity index (χ3v) is 5.80. The molecule has 7 nitrogen and oxygen atoms in total. The fourth-order valence-corrected chi connectivity index (χ4v) is 4.17. The maximum atomic E-state index is 12.7. The molecule has 8 heteroatoms. The zero-order valence-corrected chi connectivity index (χ0v) is 12.9. The predicted octanol–water partition coefficient (Wildman–Crippen LogP) is 0.795. The van der Waals surface area contributed by atoms with Gasteiger partial charge in [-0.3, -0.25) is 0 Å². The molecule has 0 N–H and O–H groups in total. The van der Waals surface area contributed by atoms with Gasteiger partial charge in [-0.1, -0.05) is 6.07 Å². The number of hydrogen-bond acceptors (Lipinski definition) is 6. The number of benzene rings is 1. The lowest BCUT2D eigenvalue weighted by molar-refractivity contribution is 0.315. The van der Waals surface area contributed by atoms with Crippen LogP contribution in [0.3, 0.4) is 0 Å². The van der Waals surface area contributed by atoms with Crippen molar-refractivity contribution in [2.75, 3.05) is 33.7 Å². The van der Waals surface area contributed by atoms with Crippen molar-refractivity contribution in [3.63, 3.8) is 0 Å². The number of sulfonamides is 1. The number of nitrogens with zero attached hydrogens (tertiary/aromatic N) is 4. The standard InChI is InChI=1S/C13H18N4O3S/c1-16-7-6-10(8-16)9-17(2)21(18,19)12-5-3-4-11-13(12)15-20-14-11/h3-5,10H,6-9H2,1-2H3/t10-/m1/s1. The van der Waals surface area contributed by atoms with Gasteiger partial charge in [0.25, 0.3) is 0 Å². The van der Waals surface area contributed by atoms with E-state index in [9.17, 15) is 8.42 Å². The Balaban J connectivity index is 1.87. The summed E-state index contributed by atoms with van der Waals surface area (Å²) in [5.41, 5.74) is 0.734. The number of hydrogen-bond donors (Lipinski definition) is 0. The van der Waals surface area contributed by atoms with Crippen molar-refractivity contribution < 1.29 is 13.0 Å². The lowest BCUT2D eigenvalue weighted by Crippen LogP contribution is -2.33. The summed E-state index contributed by atoms with van der Waals surface area (Å²) in [6.45, 7) is 2.45. The number of fused-ring (bicyclic) bond motifs is 1. The Bertz CT molecular complexity index is 743. The summed E-state index contributed by atoms with van der Waals surface area (Å²) in [6, 6.07) is 4.87. The average Bonchev–Trinajstić information content (AvgIpc) is 3.06. The van der Waals surface area contributed by atoms with Gasteiger partial charge in [-0.05, 0) is 48.4 Å². The van der Waals surface area contributed by atoms with Gasteiger partial charge in [-0.15, -0.1) is 0 Å². The van der Waals surface area contributed by atoms with E-state index >= 15 is 0 Å². The quantitative estimate of drug-likeness (QED) is 0.831. The van der Waals surface area contributed by atoms with E-state index < -0.39 is 10.0 Å². The lowest BCUT2D eigenvalue weighted by Gasteiger charge is -2.20. The minimum Gasteiger partial charge on any atom is -0.306 e. The molecular formula is C13H18N4O3S. The van der Waals surface area contributed by atoms with E-state index in [4.69, 9.17) is 0 Å². The van der Waals surface area contributed by atoms with Crippen LogP contribution < -0.4 is 0 Å². The molecule has 114 valence electrons. The fraction of sp³-hybridized carbons (Fsp3) is 0.538. The van der Waals surface area contributed by atoms with Crippen LogP contribution in [0.4, 0.5) is 0 Å². The molecule has 2 aromatic rings. The summed E-state index contributed by atoms with van der Waals surface area (Å²) in [5.74, 6) is 0.365. The average molecular weight is 310 g/mol. The Morgan fingerprint density at radius 1 is 1.43 bits per heavy atom. The van der Waals surface area contributed by atoms with E-state index in [0.29, 0.717) is 18.0 Å². The molecular weight excluding hydrogens is 292 g/mol. The van der Waals surface area contributed by atoms with Crippen molar-refractivity contribution in [2.24, 2.45) is 5.92 Å². The van der Waals surface area contributed by atoms with Crippen LogP contribution in [0.1, 0.15) is 6.42 Å². The number of rotatable bonds is 4.